The van der Waals surface area contributed by atoms with E-state index in [0.717, 1.165) is 37.2 Å². The minimum Gasteiger partial charge on any atom is -0.342 e. The van der Waals surface area contributed by atoms with E-state index in [-0.39, 0.29) is 17.9 Å². The molecule has 3 rings (SSSR count). The van der Waals surface area contributed by atoms with Crippen LogP contribution in [0, 0.1) is 0 Å². The van der Waals surface area contributed by atoms with E-state index in [1.807, 2.05) is 54.4 Å². The lowest BCUT2D eigenvalue weighted by atomic mass is 10.1. The van der Waals surface area contributed by atoms with Gasteiger partial charge in [0.05, 0.1) is 6.54 Å². The molecule has 154 valence electrons. The highest BCUT2D eigenvalue weighted by atomic mass is 16.2. The number of rotatable bonds is 6. The first-order valence-electron chi connectivity index (χ1n) is 10.5. The summed E-state index contributed by atoms with van der Waals surface area (Å²) in [5.74, 6) is 0.0786. The topological polar surface area (TPSA) is 52.7 Å². The van der Waals surface area contributed by atoms with E-state index >= 15 is 0 Å². The summed E-state index contributed by atoms with van der Waals surface area (Å²) in [7, 11) is 1.98. The summed E-state index contributed by atoms with van der Waals surface area (Å²) in [6.45, 7) is 4.25. The SMILES string of the molecule is CC(c1cccc(NC(=O)c2ccccc2)c1)N(C)CC(=O)N1CCCCCC1. The van der Waals surface area contributed by atoms with E-state index in [0.29, 0.717) is 12.1 Å². The van der Waals surface area contributed by atoms with Crippen LogP contribution in [0.1, 0.15) is 54.6 Å². The maximum absolute atomic E-state index is 12.7. The van der Waals surface area contributed by atoms with Gasteiger partial charge in [0.2, 0.25) is 5.91 Å². The van der Waals surface area contributed by atoms with Gasteiger partial charge in [-0.3, -0.25) is 14.5 Å². The fraction of sp³-hybridized carbons (Fsp3) is 0.417. The quantitative estimate of drug-likeness (QED) is 0.795. The molecule has 29 heavy (non-hydrogen) atoms. The molecule has 1 atom stereocenters. The molecule has 1 fully saturated rings. The average molecular weight is 394 g/mol. The van der Waals surface area contributed by atoms with Crippen molar-refractivity contribution < 1.29 is 9.59 Å². The third kappa shape index (κ3) is 5.91. The summed E-state index contributed by atoms with van der Waals surface area (Å²) in [5.41, 5.74) is 2.46. The summed E-state index contributed by atoms with van der Waals surface area (Å²) >= 11 is 0. The highest BCUT2D eigenvalue weighted by Crippen LogP contribution is 2.22. The number of amides is 2. The predicted octanol–water partition coefficient (Wildman–Crippen LogP) is 4.33. The number of hydrogen-bond donors (Lipinski definition) is 1. The Hall–Kier alpha value is -2.66. The van der Waals surface area contributed by atoms with E-state index in [9.17, 15) is 9.59 Å². The van der Waals surface area contributed by atoms with Gasteiger partial charge in [0.15, 0.2) is 0 Å². The second-order valence-electron chi connectivity index (χ2n) is 7.83. The van der Waals surface area contributed by atoms with Gasteiger partial charge in [-0.2, -0.15) is 0 Å². The molecule has 1 heterocycles. The van der Waals surface area contributed by atoms with Gasteiger partial charge in [0.1, 0.15) is 0 Å². The second-order valence-corrected chi connectivity index (χ2v) is 7.83. The fourth-order valence-corrected chi connectivity index (χ4v) is 3.69. The Morgan fingerprint density at radius 3 is 2.38 bits per heavy atom. The van der Waals surface area contributed by atoms with Crippen LogP contribution in [-0.4, -0.2) is 48.3 Å². The summed E-state index contributed by atoms with van der Waals surface area (Å²) in [6, 6.07) is 17.1. The van der Waals surface area contributed by atoms with E-state index in [1.54, 1.807) is 12.1 Å². The maximum atomic E-state index is 12.7. The average Bonchev–Trinajstić information content (AvgIpc) is 3.03. The Bertz CT molecular complexity index is 814. The van der Waals surface area contributed by atoms with Gasteiger partial charge in [-0.25, -0.2) is 0 Å². The van der Waals surface area contributed by atoms with Gasteiger partial charge in [-0.05, 0) is 56.6 Å². The number of nitrogens with one attached hydrogen (secondary N) is 1. The standard InChI is InChI=1S/C24H31N3O2/c1-19(26(2)18-23(28)27-15-8-3-4-9-16-27)21-13-10-14-22(17-21)25-24(29)20-11-6-5-7-12-20/h5-7,10-14,17,19H,3-4,8-9,15-16,18H2,1-2H3,(H,25,29). The highest BCUT2D eigenvalue weighted by Gasteiger charge is 2.20. The minimum atomic E-state index is -0.125. The third-order valence-electron chi connectivity index (χ3n) is 5.67. The summed E-state index contributed by atoms with van der Waals surface area (Å²) < 4.78 is 0. The number of benzene rings is 2. The first-order valence-corrected chi connectivity index (χ1v) is 10.5. The summed E-state index contributed by atoms with van der Waals surface area (Å²) in [5, 5.41) is 2.96. The van der Waals surface area contributed by atoms with Crippen molar-refractivity contribution in [2.24, 2.45) is 0 Å². The zero-order chi connectivity index (χ0) is 20.6. The Balaban J connectivity index is 1.61. The third-order valence-corrected chi connectivity index (χ3v) is 5.67. The van der Waals surface area contributed by atoms with Crippen molar-refractivity contribution in [2.75, 3.05) is 32.0 Å². The molecule has 0 aliphatic carbocycles. The lowest BCUT2D eigenvalue weighted by Crippen LogP contribution is -2.40. The number of likely N-dealkylation sites (N-methyl/N-ethyl adjacent to an activating group) is 1. The molecule has 0 bridgehead atoms. The molecule has 0 radical (unpaired) electrons. The van der Waals surface area contributed by atoms with E-state index in [1.165, 1.54) is 12.8 Å². The first kappa shape index (κ1) is 21.1. The van der Waals surface area contributed by atoms with Crippen molar-refractivity contribution in [2.45, 2.75) is 38.6 Å². The molecular formula is C24H31N3O2. The summed E-state index contributed by atoms with van der Waals surface area (Å²) in [4.78, 5) is 29.2. The Kier molecular flexibility index (Phi) is 7.42. The minimum absolute atomic E-state index is 0.0690. The molecular weight excluding hydrogens is 362 g/mol. The van der Waals surface area contributed by atoms with E-state index in [2.05, 4.69) is 17.1 Å². The molecule has 1 N–H and O–H groups in total. The molecule has 5 nitrogen and oxygen atoms in total. The van der Waals surface area contributed by atoms with Crippen molar-refractivity contribution in [3.05, 3.63) is 65.7 Å². The van der Waals surface area contributed by atoms with Crippen LogP contribution in [0.5, 0.6) is 0 Å². The van der Waals surface area contributed by atoms with Gasteiger partial charge < -0.3 is 10.2 Å². The van der Waals surface area contributed by atoms with Crippen LogP contribution in [0.15, 0.2) is 54.6 Å². The Morgan fingerprint density at radius 1 is 1.00 bits per heavy atom. The monoisotopic (exact) mass is 393 g/mol. The number of hydrogen-bond acceptors (Lipinski definition) is 3. The molecule has 0 spiro atoms. The van der Waals surface area contributed by atoms with Crippen molar-refractivity contribution in [3.63, 3.8) is 0 Å². The summed E-state index contributed by atoms with van der Waals surface area (Å²) in [6.07, 6.45) is 4.65. The van der Waals surface area contributed by atoms with Gasteiger partial charge in [-0.15, -0.1) is 0 Å². The molecule has 2 aromatic rings. The maximum Gasteiger partial charge on any atom is 0.255 e. The molecule has 1 unspecified atom stereocenters. The van der Waals surface area contributed by atoms with E-state index in [4.69, 9.17) is 0 Å². The van der Waals surface area contributed by atoms with Gasteiger partial charge in [-0.1, -0.05) is 43.2 Å². The van der Waals surface area contributed by atoms with Crippen molar-refractivity contribution in [1.82, 2.24) is 9.80 Å². The van der Waals surface area contributed by atoms with Crippen LogP contribution in [0.25, 0.3) is 0 Å². The Morgan fingerprint density at radius 2 is 1.69 bits per heavy atom. The smallest absolute Gasteiger partial charge is 0.255 e. The molecule has 0 saturated carbocycles. The van der Waals surface area contributed by atoms with Crippen molar-refractivity contribution in [1.29, 1.82) is 0 Å². The van der Waals surface area contributed by atoms with Crippen LogP contribution in [0.4, 0.5) is 5.69 Å². The lowest BCUT2D eigenvalue weighted by Gasteiger charge is -2.28. The van der Waals surface area contributed by atoms with Gasteiger partial charge >= 0.3 is 0 Å². The van der Waals surface area contributed by atoms with Crippen LogP contribution in [0.2, 0.25) is 0 Å². The lowest BCUT2D eigenvalue weighted by molar-refractivity contribution is -0.132. The zero-order valence-electron chi connectivity index (χ0n) is 17.4. The van der Waals surface area contributed by atoms with E-state index < -0.39 is 0 Å². The largest absolute Gasteiger partial charge is 0.342 e. The van der Waals surface area contributed by atoms with Crippen LogP contribution in [-0.2, 0) is 4.79 Å². The first-order chi connectivity index (χ1) is 14.0. The second kappa shape index (κ2) is 10.2. The van der Waals surface area contributed by atoms with Gasteiger partial charge in [0, 0.05) is 30.4 Å². The Labute approximate surface area is 173 Å². The molecule has 0 aromatic heterocycles. The normalized spacial score (nSPS) is 15.6. The molecule has 1 saturated heterocycles. The molecule has 1 aliphatic heterocycles. The van der Waals surface area contributed by atoms with Crippen LogP contribution in [0.3, 0.4) is 0 Å². The molecule has 1 aliphatic rings. The number of nitrogens with zero attached hydrogens (tertiary/aromatic N) is 2. The highest BCUT2D eigenvalue weighted by molar-refractivity contribution is 6.04. The van der Waals surface area contributed by atoms with Gasteiger partial charge in [0.25, 0.3) is 5.91 Å². The number of anilines is 1. The van der Waals surface area contributed by atoms with Crippen molar-refractivity contribution in [3.8, 4) is 0 Å². The predicted molar refractivity (Wildman–Crippen MR) is 117 cm³/mol. The molecule has 2 amide bonds. The number of carbonyl (C=O) groups is 2. The molecule has 5 heteroatoms. The molecule has 2 aromatic carbocycles. The van der Waals surface area contributed by atoms with Crippen LogP contribution < -0.4 is 5.32 Å². The van der Waals surface area contributed by atoms with Crippen molar-refractivity contribution >= 4 is 17.5 Å². The van der Waals surface area contributed by atoms with Crippen LogP contribution >= 0.6 is 0 Å². The zero-order valence-corrected chi connectivity index (χ0v) is 17.4. The fourth-order valence-electron chi connectivity index (χ4n) is 3.69. The number of likely N-dealkylation sites (tertiary alicyclic amines) is 1. The number of carbonyl (C=O) groups excluding carboxylic acids is 2.